The fraction of sp³-hybridized carbons (Fsp3) is 0.368. The summed E-state index contributed by atoms with van der Waals surface area (Å²) < 4.78 is 28.6. The molecule has 1 saturated heterocycles. The zero-order valence-corrected chi connectivity index (χ0v) is 18.1. The van der Waals surface area contributed by atoms with E-state index in [0.717, 1.165) is 19.3 Å². The molecule has 1 fully saturated rings. The van der Waals surface area contributed by atoms with Crippen LogP contribution in [0.3, 0.4) is 0 Å². The van der Waals surface area contributed by atoms with Crippen molar-refractivity contribution < 1.29 is 13.2 Å². The van der Waals surface area contributed by atoms with Gasteiger partial charge in [-0.1, -0.05) is 41.8 Å². The minimum Gasteiger partial charge on any atom is -0.345 e. The fourth-order valence-corrected chi connectivity index (χ4v) is 5.29. The standard InChI is InChI=1S/C19H20Cl2N4O3S/c1-24-12-13(29(27,28)25-8-3-2-4-9-25)10-17(24)19(26)23-16(11-22)14-6-5-7-15(20)18(14)21/h5-7,10,12,16H,2-4,8-9H2,1H3,(H,23,26). The molecular weight excluding hydrogens is 435 g/mol. The maximum Gasteiger partial charge on any atom is 0.269 e. The zero-order valence-electron chi connectivity index (χ0n) is 15.7. The van der Waals surface area contributed by atoms with E-state index in [-0.39, 0.29) is 20.6 Å². The van der Waals surface area contributed by atoms with Crippen molar-refractivity contribution in [1.82, 2.24) is 14.2 Å². The number of nitrogens with zero attached hydrogens (tertiary/aromatic N) is 3. The third-order valence-corrected chi connectivity index (χ3v) is 7.56. The topological polar surface area (TPSA) is 95.2 Å². The summed E-state index contributed by atoms with van der Waals surface area (Å²) in [7, 11) is -2.09. The van der Waals surface area contributed by atoms with Crippen molar-refractivity contribution in [3.05, 3.63) is 51.8 Å². The summed E-state index contributed by atoms with van der Waals surface area (Å²) in [5, 5.41) is 12.5. The summed E-state index contributed by atoms with van der Waals surface area (Å²) in [5.74, 6) is -0.588. The summed E-state index contributed by atoms with van der Waals surface area (Å²) in [6.07, 6.45) is 4.07. The molecule has 2 aromatic rings. The Kier molecular flexibility index (Phi) is 6.54. The molecule has 10 heteroatoms. The predicted molar refractivity (Wildman–Crippen MR) is 110 cm³/mol. The number of nitrogens with one attached hydrogen (secondary N) is 1. The summed E-state index contributed by atoms with van der Waals surface area (Å²) >= 11 is 12.1. The van der Waals surface area contributed by atoms with Gasteiger partial charge in [0.05, 0.1) is 16.1 Å². The van der Waals surface area contributed by atoms with Crippen LogP contribution in [0.5, 0.6) is 0 Å². The highest BCUT2D eigenvalue weighted by Gasteiger charge is 2.29. The first kappa shape index (κ1) is 21.7. The van der Waals surface area contributed by atoms with Gasteiger partial charge in [-0.15, -0.1) is 0 Å². The maximum absolute atomic E-state index is 12.9. The molecule has 1 atom stereocenters. The molecule has 29 heavy (non-hydrogen) atoms. The number of benzene rings is 1. The molecule has 1 aromatic heterocycles. The Morgan fingerprint density at radius 3 is 2.59 bits per heavy atom. The number of hydrogen-bond acceptors (Lipinski definition) is 4. The number of halogens is 2. The molecule has 3 rings (SSSR count). The van der Waals surface area contributed by atoms with Gasteiger partial charge in [-0.2, -0.15) is 9.57 Å². The number of piperidine rings is 1. The van der Waals surface area contributed by atoms with E-state index in [1.807, 2.05) is 6.07 Å². The number of rotatable bonds is 5. The molecule has 0 spiro atoms. The van der Waals surface area contributed by atoms with E-state index in [1.54, 1.807) is 25.2 Å². The lowest BCUT2D eigenvalue weighted by Gasteiger charge is -2.25. The van der Waals surface area contributed by atoms with Gasteiger partial charge in [0.1, 0.15) is 16.6 Å². The molecule has 1 N–H and O–H groups in total. The zero-order chi connectivity index (χ0) is 21.2. The highest BCUT2D eigenvalue weighted by atomic mass is 35.5. The molecule has 1 aliphatic heterocycles. The maximum atomic E-state index is 12.9. The van der Waals surface area contributed by atoms with Gasteiger partial charge in [-0.25, -0.2) is 8.42 Å². The molecule has 1 unspecified atom stereocenters. The quantitative estimate of drug-likeness (QED) is 0.747. The Bertz CT molecular complexity index is 1070. The van der Waals surface area contributed by atoms with Crippen LogP contribution in [0.15, 0.2) is 35.4 Å². The van der Waals surface area contributed by atoms with Crippen LogP contribution < -0.4 is 5.32 Å². The second kappa shape index (κ2) is 8.76. The Hall–Kier alpha value is -2.05. The van der Waals surface area contributed by atoms with E-state index in [1.165, 1.54) is 21.1 Å². The summed E-state index contributed by atoms with van der Waals surface area (Å²) in [6.45, 7) is 0.949. The Labute approximate surface area is 179 Å². The highest BCUT2D eigenvalue weighted by molar-refractivity contribution is 7.89. The monoisotopic (exact) mass is 454 g/mol. The third kappa shape index (κ3) is 4.43. The molecular formula is C19H20Cl2N4O3S. The molecule has 1 aromatic carbocycles. The van der Waals surface area contributed by atoms with Crippen LogP contribution in [-0.2, 0) is 17.1 Å². The van der Waals surface area contributed by atoms with E-state index >= 15 is 0 Å². The van der Waals surface area contributed by atoms with Crippen molar-refractivity contribution in [2.45, 2.75) is 30.2 Å². The first-order chi connectivity index (χ1) is 13.8. The lowest BCUT2D eigenvalue weighted by atomic mass is 10.1. The minimum atomic E-state index is -3.67. The molecule has 0 radical (unpaired) electrons. The van der Waals surface area contributed by atoms with Gasteiger partial charge in [-0.3, -0.25) is 4.79 Å². The number of aryl methyl sites for hydroxylation is 1. The van der Waals surface area contributed by atoms with Gasteiger partial charge in [0, 0.05) is 31.9 Å². The fourth-order valence-electron chi connectivity index (χ4n) is 3.28. The molecule has 0 bridgehead atoms. The lowest BCUT2D eigenvalue weighted by molar-refractivity contribution is 0.0937. The summed E-state index contributed by atoms with van der Waals surface area (Å²) in [6, 6.07) is 7.08. The SMILES string of the molecule is Cn1cc(S(=O)(=O)N2CCCCC2)cc1C(=O)NC(C#N)c1cccc(Cl)c1Cl. The van der Waals surface area contributed by atoms with Crippen LogP contribution >= 0.6 is 23.2 Å². The largest absolute Gasteiger partial charge is 0.345 e. The van der Waals surface area contributed by atoms with Crippen molar-refractivity contribution in [2.75, 3.05) is 13.1 Å². The van der Waals surface area contributed by atoms with Gasteiger partial charge in [0.25, 0.3) is 5.91 Å². The number of nitriles is 1. The molecule has 1 amide bonds. The van der Waals surface area contributed by atoms with Gasteiger partial charge in [0.2, 0.25) is 10.0 Å². The molecule has 0 saturated carbocycles. The number of hydrogen-bond donors (Lipinski definition) is 1. The van der Waals surface area contributed by atoms with Crippen molar-refractivity contribution in [1.29, 1.82) is 5.26 Å². The van der Waals surface area contributed by atoms with Gasteiger partial charge >= 0.3 is 0 Å². The normalized spacial score (nSPS) is 16.2. The molecule has 1 aliphatic rings. The first-order valence-corrected chi connectivity index (χ1v) is 11.3. The number of carbonyl (C=O) groups is 1. The van der Waals surface area contributed by atoms with Crippen LogP contribution in [0.25, 0.3) is 0 Å². The minimum absolute atomic E-state index is 0.0568. The average Bonchev–Trinajstić information content (AvgIpc) is 3.11. The smallest absolute Gasteiger partial charge is 0.269 e. The van der Waals surface area contributed by atoms with Crippen LogP contribution in [0.1, 0.15) is 41.4 Å². The van der Waals surface area contributed by atoms with Crippen molar-refractivity contribution in [3.63, 3.8) is 0 Å². The van der Waals surface area contributed by atoms with Gasteiger partial charge in [-0.05, 0) is 25.0 Å². The van der Waals surface area contributed by atoms with E-state index in [4.69, 9.17) is 23.2 Å². The van der Waals surface area contributed by atoms with Crippen LogP contribution in [0.4, 0.5) is 0 Å². The summed E-state index contributed by atoms with van der Waals surface area (Å²) in [4.78, 5) is 12.8. The molecule has 0 aliphatic carbocycles. The van der Waals surface area contributed by atoms with Crippen molar-refractivity contribution in [2.24, 2.45) is 7.05 Å². The number of aromatic nitrogens is 1. The van der Waals surface area contributed by atoms with E-state index < -0.39 is 22.0 Å². The van der Waals surface area contributed by atoms with E-state index in [9.17, 15) is 18.5 Å². The van der Waals surface area contributed by atoms with Crippen LogP contribution in [0.2, 0.25) is 10.0 Å². The second-order valence-corrected chi connectivity index (χ2v) is 9.54. The van der Waals surface area contributed by atoms with Crippen LogP contribution in [-0.4, -0.2) is 36.3 Å². The average molecular weight is 455 g/mol. The number of sulfonamides is 1. The van der Waals surface area contributed by atoms with Gasteiger partial charge in [0.15, 0.2) is 0 Å². The summed E-state index contributed by atoms with van der Waals surface area (Å²) in [5.41, 5.74) is 0.490. The molecule has 154 valence electrons. The third-order valence-electron chi connectivity index (χ3n) is 4.86. The van der Waals surface area contributed by atoms with Crippen molar-refractivity contribution >= 4 is 39.1 Å². The van der Waals surface area contributed by atoms with Gasteiger partial charge < -0.3 is 9.88 Å². The second-order valence-electron chi connectivity index (χ2n) is 6.82. The Morgan fingerprint density at radius 1 is 1.24 bits per heavy atom. The van der Waals surface area contributed by atoms with E-state index in [2.05, 4.69) is 5.32 Å². The Morgan fingerprint density at radius 2 is 1.93 bits per heavy atom. The van der Waals surface area contributed by atoms with Crippen molar-refractivity contribution in [3.8, 4) is 6.07 Å². The van der Waals surface area contributed by atoms with E-state index in [0.29, 0.717) is 18.7 Å². The molecule has 7 nitrogen and oxygen atoms in total. The number of carbonyl (C=O) groups excluding carboxylic acids is 1. The Balaban J connectivity index is 1.85. The number of amides is 1. The molecule has 2 heterocycles. The first-order valence-electron chi connectivity index (χ1n) is 9.06. The lowest BCUT2D eigenvalue weighted by Crippen LogP contribution is -2.35. The predicted octanol–water partition coefficient (Wildman–Crippen LogP) is 3.50. The van der Waals surface area contributed by atoms with Crippen LogP contribution in [0, 0.1) is 11.3 Å². The highest BCUT2D eigenvalue weighted by Crippen LogP contribution is 2.30.